The van der Waals surface area contributed by atoms with Gasteiger partial charge in [0.15, 0.2) is 0 Å². The Morgan fingerprint density at radius 3 is 2.62 bits per heavy atom. The van der Waals surface area contributed by atoms with E-state index in [2.05, 4.69) is 20.8 Å². The van der Waals surface area contributed by atoms with Crippen LogP contribution in [0.1, 0.15) is 24.8 Å². The number of thiophene rings is 1. The van der Waals surface area contributed by atoms with E-state index in [4.69, 9.17) is 9.72 Å². The fraction of sp³-hybridized carbons (Fsp3) is 0.368. The molecule has 0 bridgehead atoms. The van der Waals surface area contributed by atoms with Gasteiger partial charge in [-0.05, 0) is 52.9 Å². The second-order valence-electron chi connectivity index (χ2n) is 6.46. The van der Waals surface area contributed by atoms with Crippen LogP contribution in [0.3, 0.4) is 0 Å². The van der Waals surface area contributed by atoms with E-state index in [1.54, 1.807) is 7.11 Å². The molecule has 5 nitrogen and oxygen atoms in total. The quantitative estimate of drug-likeness (QED) is 0.616. The molecule has 1 aromatic carbocycles. The third kappa shape index (κ3) is 3.25. The maximum atomic E-state index is 13.2. The van der Waals surface area contributed by atoms with E-state index < -0.39 is 0 Å². The highest BCUT2D eigenvalue weighted by Gasteiger charge is 2.21. The second-order valence-corrected chi connectivity index (χ2v) is 8.19. The van der Waals surface area contributed by atoms with E-state index in [1.807, 2.05) is 34.2 Å². The van der Waals surface area contributed by atoms with E-state index in [9.17, 15) is 4.79 Å². The Morgan fingerprint density at radius 2 is 1.92 bits per heavy atom. The van der Waals surface area contributed by atoms with Crippen LogP contribution in [0.15, 0.2) is 38.9 Å². The molecule has 0 radical (unpaired) electrons. The van der Waals surface area contributed by atoms with Crippen LogP contribution in [0.4, 0.5) is 5.95 Å². The van der Waals surface area contributed by atoms with Crippen LogP contribution in [0.25, 0.3) is 10.2 Å². The summed E-state index contributed by atoms with van der Waals surface area (Å²) >= 11 is 4.98. The van der Waals surface area contributed by atoms with Crippen molar-refractivity contribution in [2.45, 2.75) is 25.8 Å². The average Bonchev–Trinajstić information content (AvgIpc) is 3.06. The minimum absolute atomic E-state index is 0.0297. The summed E-state index contributed by atoms with van der Waals surface area (Å²) < 4.78 is 8.64. The first-order chi connectivity index (χ1) is 12.7. The molecule has 2 aromatic heterocycles. The van der Waals surface area contributed by atoms with Crippen LogP contribution >= 0.6 is 27.3 Å². The topological polar surface area (TPSA) is 47.4 Å². The van der Waals surface area contributed by atoms with Crippen molar-refractivity contribution in [3.8, 4) is 5.75 Å². The molecule has 136 valence electrons. The molecule has 0 aliphatic carbocycles. The van der Waals surface area contributed by atoms with Gasteiger partial charge in [0.2, 0.25) is 5.95 Å². The van der Waals surface area contributed by atoms with Crippen LogP contribution in [0.5, 0.6) is 5.75 Å². The van der Waals surface area contributed by atoms with E-state index >= 15 is 0 Å². The second kappa shape index (κ2) is 7.40. The number of piperidine rings is 1. The Bertz CT molecular complexity index is 975. The zero-order chi connectivity index (χ0) is 18.1. The molecule has 1 aliphatic heterocycles. The first-order valence-electron chi connectivity index (χ1n) is 8.73. The van der Waals surface area contributed by atoms with Gasteiger partial charge in [0, 0.05) is 18.5 Å². The van der Waals surface area contributed by atoms with Gasteiger partial charge in [-0.2, -0.15) is 0 Å². The molecular weight excluding hydrogens is 414 g/mol. The highest BCUT2D eigenvalue weighted by molar-refractivity contribution is 9.10. The molecule has 0 saturated carbocycles. The SMILES string of the molecule is COc1ccc(Cn2c(N3CCCCC3)nc3c(Br)csc3c2=O)cc1. The van der Waals surface area contributed by atoms with Gasteiger partial charge in [0.05, 0.1) is 18.1 Å². The number of halogens is 1. The zero-order valence-corrected chi connectivity index (χ0v) is 17.0. The van der Waals surface area contributed by atoms with Gasteiger partial charge in [0.1, 0.15) is 16.0 Å². The van der Waals surface area contributed by atoms with Gasteiger partial charge in [0.25, 0.3) is 5.56 Å². The molecule has 26 heavy (non-hydrogen) atoms. The minimum atomic E-state index is 0.0297. The van der Waals surface area contributed by atoms with Crippen molar-refractivity contribution in [2.75, 3.05) is 25.1 Å². The molecule has 1 saturated heterocycles. The Balaban J connectivity index is 1.81. The van der Waals surface area contributed by atoms with Crippen LogP contribution < -0.4 is 15.2 Å². The fourth-order valence-electron chi connectivity index (χ4n) is 3.35. The summed E-state index contributed by atoms with van der Waals surface area (Å²) in [5.74, 6) is 1.59. The number of ether oxygens (including phenoxy) is 1. The van der Waals surface area contributed by atoms with Gasteiger partial charge >= 0.3 is 0 Å². The number of hydrogen-bond acceptors (Lipinski definition) is 5. The molecule has 1 fully saturated rings. The normalized spacial score (nSPS) is 14.8. The molecule has 3 aromatic rings. The number of methoxy groups -OCH3 is 1. The van der Waals surface area contributed by atoms with Crippen molar-refractivity contribution in [3.05, 3.63) is 50.0 Å². The van der Waals surface area contributed by atoms with Crippen LogP contribution in [-0.4, -0.2) is 29.8 Å². The summed E-state index contributed by atoms with van der Waals surface area (Å²) in [6, 6.07) is 7.85. The number of rotatable bonds is 4. The predicted molar refractivity (Wildman–Crippen MR) is 110 cm³/mol. The number of anilines is 1. The van der Waals surface area contributed by atoms with Crippen molar-refractivity contribution < 1.29 is 4.74 Å². The molecule has 0 spiro atoms. The highest BCUT2D eigenvalue weighted by atomic mass is 79.9. The molecule has 4 rings (SSSR count). The van der Waals surface area contributed by atoms with Gasteiger partial charge < -0.3 is 9.64 Å². The molecule has 0 atom stereocenters. The third-order valence-electron chi connectivity index (χ3n) is 4.75. The lowest BCUT2D eigenvalue weighted by Gasteiger charge is -2.29. The van der Waals surface area contributed by atoms with Crippen molar-refractivity contribution in [1.29, 1.82) is 0 Å². The van der Waals surface area contributed by atoms with Gasteiger partial charge in [-0.1, -0.05) is 12.1 Å². The summed E-state index contributed by atoms with van der Waals surface area (Å²) in [6.45, 7) is 2.40. The lowest BCUT2D eigenvalue weighted by molar-refractivity contribution is 0.414. The monoisotopic (exact) mass is 433 g/mol. The Morgan fingerprint density at radius 1 is 1.19 bits per heavy atom. The maximum absolute atomic E-state index is 13.2. The number of fused-ring (bicyclic) bond motifs is 1. The highest BCUT2D eigenvalue weighted by Crippen LogP contribution is 2.29. The predicted octanol–water partition coefficient (Wildman–Crippen LogP) is 4.27. The summed E-state index contributed by atoms with van der Waals surface area (Å²) in [6.07, 6.45) is 3.52. The standard InChI is InChI=1S/C19H20BrN3O2S/c1-25-14-7-5-13(6-8-14)11-23-18(24)17-16(15(20)12-26-17)21-19(23)22-9-3-2-4-10-22/h5-8,12H,2-4,9-11H2,1H3. The summed E-state index contributed by atoms with van der Waals surface area (Å²) in [7, 11) is 1.65. The number of hydrogen-bond donors (Lipinski definition) is 0. The van der Waals surface area contributed by atoms with E-state index in [1.165, 1.54) is 17.8 Å². The molecular formula is C19H20BrN3O2S. The first kappa shape index (κ1) is 17.5. The minimum Gasteiger partial charge on any atom is -0.497 e. The van der Waals surface area contributed by atoms with E-state index in [0.717, 1.165) is 53.2 Å². The summed E-state index contributed by atoms with van der Waals surface area (Å²) in [5.41, 5.74) is 1.86. The maximum Gasteiger partial charge on any atom is 0.273 e. The van der Waals surface area contributed by atoms with Crippen LogP contribution in [-0.2, 0) is 6.54 Å². The fourth-order valence-corrected chi connectivity index (χ4v) is 4.86. The number of benzene rings is 1. The Hall–Kier alpha value is -1.86. The van der Waals surface area contributed by atoms with E-state index in [-0.39, 0.29) is 5.56 Å². The number of aromatic nitrogens is 2. The van der Waals surface area contributed by atoms with Crippen molar-refractivity contribution in [2.24, 2.45) is 0 Å². The molecule has 3 heterocycles. The first-order valence-corrected chi connectivity index (χ1v) is 10.4. The van der Waals surface area contributed by atoms with Crippen LogP contribution in [0, 0.1) is 0 Å². The Kier molecular flexibility index (Phi) is 5.00. The zero-order valence-electron chi connectivity index (χ0n) is 14.6. The van der Waals surface area contributed by atoms with E-state index in [0.29, 0.717) is 11.2 Å². The van der Waals surface area contributed by atoms with Gasteiger partial charge in [-0.3, -0.25) is 9.36 Å². The molecule has 1 aliphatic rings. The van der Waals surface area contributed by atoms with Crippen molar-refractivity contribution >= 4 is 43.4 Å². The summed E-state index contributed by atoms with van der Waals surface area (Å²) in [4.78, 5) is 20.3. The number of nitrogens with zero attached hydrogens (tertiary/aromatic N) is 3. The third-order valence-corrected chi connectivity index (χ3v) is 6.62. The molecule has 0 unspecified atom stereocenters. The van der Waals surface area contributed by atoms with Crippen molar-refractivity contribution in [1.82, 2.24) is 9.55 Å². The van der Waals surface area contributed by atoms with Crippen molar-refractivity contribution in [3.63, 3.8) is 0 Å². The van der Waals surface area contributed by atoms with Gasteiger partial charge in [-0.15, -0.1) is 11.3 Å². The van der Waals surface area contributed by atoms with Gasteiger partial charge in [-0.25, -0.2) is 4.98 Å². The average molecular weight is 434 g/mol. The lowest BCUT2D eigenvalue weighted by Crippen LogP contribution is -2.36. The van der Waals surface area contributed by atoms with Crippen LogP contribution in [0.2, 0.25) is 0 Å². The molecule has 0 N–H and O–H groups in total. The summed E-state index contributed by atoms with van der Waals surface area (Å²) in [5, 5.41) is 1.94. The molecule has 0 amide bonds. The molecule has 7 heteroatoms. The Labute approximate surface area is 164 Å². The largest absolute Gasteiger partial charge is 0.497 e. The smallest absolute Gasteiger partial charge is 0.273 e. The lowest BCUT2D eigenvalue weighted by atomic mass is 10.1.